The van der Waals surface area contributed by atoms with Crippen LogP contribution in [0.1, 0.15) is 39.2 Å². The van der Waals surface area contributed by atoms with Crippen LogP contribution in [0, 0.1) is 0 Å². The molecular weight excluding hydrogens is 328 g/mol. The Morgan fingerprint density at radius 1 is 1.21 bits per heavy atom. The maximum atomic E-state index is 12.4. The molecule has 1 saturated heterocycles. The van der Waals surface area contributed by atoms with Crippen molar-refractivity contribution in [3.8, 4) is 0 Å². The van der Waals surface area contributed by atoms with Crippen molar-refractivity contribution >= 4 is 16.1 Å². The molecule has 1 heterocycles. The molecule has 6 nitrogen and oxygen atoms in total. The number of hydrogen-bond donors (Lipinski definition) is 1. The monoisotopic (exact) mass is 354 g/mol. The number of piperidine rings is 1. The number of carbonyl (C=O) groups excluding carboxylic acids is 1. The van der Waals surface area contributed by atoms with Crippen molar-refractivity contribution in [2.45, 2.75) is 51.0 Å². The van der Waals surface area contributed by atoms with Crippen molar-refractivity contribution in [3.63, 3.8) is 0 Å². The summed E-state index contributed by atoms with van der Waals surface area (Å²) in [6, 6.07) is 9.41. The highest BCUT2D eigenvalue weighted by Gasteiger charge is 2.32. The lowest BCUT2D eigenvalue weighted by Crippen LogP contribution is -2.46. The Labute approximate surface area is 144 Å². The van der Waals surface area contributed by atoms with E-state index in [4.69, 9.17) is 4.74 Å². The average Bonchev–Trinajstić information content (AvgIpc) is 2.53. The van der Waals surface area contributed by atoms with Crippen molar-refractivity contribution < 1.29 is 17.9 Å². The lowest BCUT2D eigenvalue weighted by Gasteiger charge is -2.33. The van der Waals surface area contributed by atoms with Crippen molar-refractivity contribution in [2.24, 2.45) is 0 Å². The Balaban J connectivity index is 1.85. The number of amides is 1. The average molecular weight is 354 g/mol. The standard InChI is InChI=1S/C17H26N2O4S/c1-17(2,3)23-16(20)19-11-9-15(10-12-19)24(21,22)18-13-14-7-5-4-6-8-14/h4-8,15,18H,9-13H2,1-3H3. The molecule has 0 spiro atoms. The molecule has 0 bridgehead atoms. The predicted molar refractivity (Wildman–Crippen MR) is 93.0 cm³/mol. The number of nitrogens with zero attached hydrogens (tertiary/aromatic N) is 1. The van der Waals surface area contributed by atoms with E-state index < -0.39 is 20.9 Å². The summed E-state index contributed by atoms with van der Waals surface area (Å²) >= 11 is 0. The van der Waals surface area contributed by atoms with E-state index in [2.05, 4.69) is 4.72 Å². The topological polar surface area (TPSA) is 75.7 Å². The summed E-state index contributed by atoms with van der Waals surface area (Å²) in [5.74, 6) is 0. The lowest BCUT2D eigenvalue weighted by atomic mass is 10.1. The Kier molecular flexibility index (Phi) is 5.87. The van der Waals surface area contributed by atoms with Crippen LogP contribution < -0.4 is 4.72 Å². The second kappa shape index (κ2) is 7.53. The number of sulfonamides is 1. The lowest BCUT2D eigenvalue weighted by molar-refractivity contribution is 0.0217. The Hall–Kier alpha value is -1.60. The predicted octanol–water partition coefficient (Wildman–Crippen LogP) is 2.51. The molecule has 1 amide bonds. The number of nitrogens with one attached hydrogen (secondary N) is 1. The van der Waals surface area contributed by atoms with E-state index in [1.54, 1.807) is 4.90 Å². The molecule has 7 heteroatoms. The first-order valence-electron chi connectivity index (χ1n) is 8.18. The Bertz CT molecular complexity index is 645. The molecule has 0 radical (unpaired) electrons. The third kappa shape index (κ3) is 5.49. The van der Waals surface area contributed by atoms with Gasteiger partial charge in [0, 0.05) is 19.6 Å². The van der Waals surface area contributed by atoms with E-state index >= 15 is 0 Å². The van der Waals surface area contributed by atoms with E-state index in [1.807, 2.05) is 51.1 Å². The van der Waals surface area contributed by atoms with Gasteiger partial charge in [0.05, 0.1) is 5.25 Å². The molecule has 0 aromatic heterocycles. The maximum absolute atomic E-state index is 12.4. The minimum absolute atomic E-state index is 0.287. The van der Waals surface area contributed by atoms with Crippen LogP contribution in [0.15, 0.2) is 30.3 Å². The van der Waals surface area contributed by atoms with Crippen LogP contribution in [-0.4, -0.2) is 43.4 Å². The highest BCUT2D eigenvalue weighted by molar-refractivity contribution is 7.90. The summed E-state index contributed by atoms with van der Waals surface area (Å²) in [5.41, 5.74) is 0.379. The highest BCUT2D eigenvalue weighted by atomic mass is 32.2. The van der Waals surface area contributed by atoms with Gasteiger partial charge in [-0.05, 0) is 39.2 Å². The molecule has 1 aromatic rings. The molecule has 0 unspecified atom stereocenters. The summed E-state index contributed by atoms with van der Waals surface area (Å²) in [5, 5.41) is -0.472. The largest absolute Gasteiger partial charge is 0.444 e. The second-order valence-electron chi connectivity index (χ2n) is 7.02. The molecule has 134 valence electrons. The van der Waals surface area contributed by atoms with Gasteiger partial charge >= 0.3 is 6.09 Å². The minimum Gasteiger partial charge on any atom is -0.444 e. The van der Waals surface area contributed by atoms with Gasteiger partial charge in [0.1, 0.15) is 5.60 Å². The number of ether oxygens (including phenoxy) is 1. The van der Waals surface area contributed by atoms with Crippen molar-refractivity contribution in [2.75, 3.05) is 13.1 Å². The zero-order chi connectivity index (χ0) is 17.8. The van der Waals surface area contributed by atoms with Gasteiger partial charge in [0.25, 0.3) is 0 Å². The van der Waals surface area contributed by atoms with Crippen molar-refractivity contribution in [1.82, 2.24) is 9.62 Å². The van der Waals surface area contributed by atoms with E-state index in [9.17, 15) is 13.2 Å². The van der Waals surface area contributed by atoms with Gasteiger partial charge in [-0.3, -0.25) is 0 Å². The molecule has 0 aliphatic carbocycles. The molecule has 24 heavy (non-hydrogen) atoms. The fourth-order valence-electron chi connectivity index (χ4n) is 2.57. The minimum atomic E-state index is -3.39. The number of hydrogen-bond acceptors (Lipinski definition) is 4. The van der Waals surface area contributed by atoms with Crippen LogP contribution in [0.4, 0.5) is 4.79 Å². The van der Waals surface area contributed by atoms with Gasteiger partial charge in [-0.1, -0.05) is 30.3 Å². The zero-order valence-electron chi connectivity index (χ0n) is 14.5. The quantitative estimate of drug-likeness (QED) is 0.901. The third-order valence-electron chi connectivity index (χ3n) is 3.85. The number of benzene rings is 1. The second-order valence-corrected chi connectivity index (χ2v) is 9.06. The molecule has 0 saturated carbocycles. The number of rotatable bonds is 4. The highest BCUT2D eigenvalue weighted by Crippen LogP contribution is 2.20. The molecule has 1 N–H and O–H groups in total. The maximum Gasteiger partial charge on any atom is 0.410 e. The van der Waals surface area contributed by atoms with Gasteiger partial charge < -0.3 is 9.64 Å². The SMILES string of the molecule is CC(C)(C)OC(=O)N1CCC(S(=O)(=O)NCc2ccccc2)CC1. The van der Waals surface area contributed by atoms with Crippen LogP contribution in [0.2, 0.25) is 0 Å². The molecular formula is C17H26N2O4S. The van der Waals surface area contributed by atoms with Crippen LogP contribution in [-0.2, 0) is 21.3 Å². The summed E-state index contributed by atoms with van der Waals surface area (Å²) in [6.45, 7) is 6.52. The van der Waals surface area contributed by atoms with Gasteiger partial charge in [-0.25, -0.2) is 17.9 Å². The van der Waals surface area contributed by atoms with Crippen molar-refractivity contribution in [1.29, 1.82) is 0 Å². The van der Waals surface area contributed by atoms with Crippen LogP contribution in [0.5, 0.6) is 0 Å². The first-order valence-corrected chi connectivity index (χ1v) is 9.72. The smallest absolute Gasteiger partial charge is 0.410 e. The molecule has 2 rings (SSSR count). The third-order valence-corrected chi connectivity index (χ3v) is 5.75. The summed E-state index contributed by atoms with van der Waals surface area (Å²) in [6.07, 6.45) is 0.461. The van der Waals surface area contributed by atoms with Gasteiger partial charge in [-0.2, -0.15) is 0 Å². The van der Waals surface area contributed by atoms with Crippen LogP contribution in [0.25, 0.3) is 0 Å². The summed E-state index contributed by atoms with van der Waals surface area (Å²) < 4.78 is 32.8. The van der Waals surface area contributed by atoms with E-state index in [1.165, 1.54) is 0 Å². The molecule has 1 aliphatic rings. The van der Waals surface area contributed by atoms with Crippen LogP contribution >= 0.6 is 0 Å². The fraction of sp³-hybridized carbons (Fsp3) is 0.588. The summed E-state index contributed by atoms with van der Waals surface area (Å²) in [4.78, 5) is 13.6. The van der Waals surface area contributed by atoms with Gasteiger partial charge in [0.2, 0.25) is 10.0 Å². The van der Waals surface area contributed by atoms with E-state index in [-0.39, 0.29) is 12.6 Å². The van der Waals surface area contributed by atoms with Gasteiger partial charge in [0.15, 0.2) is 0 Å². The number of carbonyl (C=O) groups is 1. The molecule has 1 fully saturated rings. The normalized spacial score (nSPS) is 16.9. The van der Waals surface area contributed by atoms with E-state index in [0.717, 1.165) is 5.56 Å². The Morgan fingerprint density at radius 2 is 1.79 bits per heavy atom. The summed E-state index contributed by atoms with van der Waals surface area (Å²) in [7, 11) is -3.39. The van der Waals surface area contributed by atoms with E-state index in [0.29, 0.717) is 25.9 Å². The Morgan fingerprint density at radius 3 is 2.33 bits per heavy atom. The zero-order valence-corrected chi connectivity index (χ0v) is 15.3. The molecule has 0 atom stereocenters. The van der Waals surface area contributed by atoms with Gasteiger partial charge in [-0.15, -0.1) is 0 Å². The first kappa shape index (κ1) is 18.7. The molecule has 1 aliphatic heterocycles. The first-order chi connectivity index (χ1) is 11.2. The molecule has 1 aromatic carbocycles. The fourth-order valence-corrected chi connectivity index (χ4v) is 4.01. The number of likely N-dealkylation sites (tertiary alicyclic amines) is 1. The van der Waals surface area contributed by atoms with Crippen LogP contribution in [0.3, 0.4) is 0 Å². The van der Waals surface area contributed by atoms with Crippen molar-refractivity contribution in [3.05, 3.63) is 35.9 Å².